The van der Waals surface area contributed by atoms with Crippen LogP contribution in [0.4, 0.5) is 0 Å². The topological polar surface area (TPSA) is 62.5 Å². The summed E-state index contributed by atoms with van der Waals surface area (Å²) in [7, 11) is 0. The van der Waals surface area contributed by atoms with E-state index >= 15 is 0 Å². The Morgan fingerprint density at radius 3 is 2.76 bits per heavy atom. The second-order valence-electron chi connectivity index (χ2n) is 4.97. The van der Waals surface area contributed by atoms with Crippen LogP contribution in [0.1, 0.15) is 25.3 Å². The second-order valence-corrected chi connectivity index (χ2v) is 5.36. The number of halogens is 1. The summed E-state index contributed by atoms with van der Waals surface area (Å²) in [5.41, 5.74) is 0.981. The van der Waals surface area contributed by atoms with E-state index in [1.54, 1.807) is 12.3 Å². The molecule has 1 fully saturated rings. The fraction of sp³-hybridized carbons (Fsp3) is 0.500. The highest BCUT2D eigenvalue weighted by atomic mass is 35.5. The van der Waals surface area contributed by atoms with Crippen molar-refractivity contribution >= 4 is 11.6 Å². The highest BCUT2D eigenvalue weighted by Crippen LogP contribution is 2.20. The van der Waals surface area contributed by atoms with Crippen molar-refractivity contribution in [2.24, 2.45) is 0 Å². The van der Waals surface area contributed by atoms with Gasteiger partial charge in [-0.05, 0) is 31.4 Å². The van der Waals surface area contributed by atoms with Gasteiger partial charge in [0, 0.05) is 32.4 Å². The molecule has 1 aliphatic rings. The third-order valence-electron chi connectivity index (χ3n) is 3.52. The predicted molar refractivity (Wildman–Crippen MR) is 81.2 cm³/mol. The summed E-state index contributed by atoms with van der Waals surface area (Å²) in [6, 6.07) is 3.63. The van der Waals surface area contributed by atoms with Crippen LogP contribution in [0.2, 0.25) is 5.15 Å². The van der Waals surface area contributed by atoms with Crippen molar-refractivity contribution in [1.29, 1.82) is 0 Å². The zero-order chi connectivity index (χ0) is 15.2. The second kappa shape index (κ2) is 7.26. The summed E-state index contributed by atoms with van der Waals surface area (Å²) < 4.78 is 0. The summed E-state index contributed by atoms with van der Waals surface area (Å²) in [5.74, 6) is 0.676. The van der Waals surface area contributed by atoms with E-state index in [4.69, 9.17) is 11.6 Å². The van der Waals surface area contributed by atoms with Gasteiger partial charge in [0.1, 0.15) is 5.15 Å². The lowest BCUT2D eigenvalue weighted by molar-refractivity contribution is -0.405. The van der Waals surface area contributed by atoms with Gasteiger partial charge in [-0.15, -0.1) is 0 Å². The van der Waals surface area contributed by atoms with Gasteiger partial charge in [-0.3, -0.25) is 10.1 Å². The SMILES string of the molecule is CCN(Cc1ccc(Cl)nc1)/C(=C/[N+](=O)[O-])N1CCCC1. The maximum Gasteiger partial charge on any atom is 0.274 e. The number of likely N-dealkylation sites (tertiary alicyclic amines) is 1. The largest absolute Gasteiger partial charge is 0.353 e. The molecule has 0 aliphatic carbocycles. The monoisotopic (exact) mass is 310 g/mol. The molecule has 0 aromatic carbocycles. The van der Waals surface area contributed by atoms with Gasteiger partial charge >= 0.3 is 0 Å². The average molecular weight is 311 g/mol. The quantitative estimate of drug-likeness (QED) is 0.459. The van der Waals surface area contributed by atoms with Gasteiger partial charge in [0.05, 0.1) is 4.92 Å². The standard InChI is InChI=1S/C14H19ClN4O2/c1-2-17(10-12-5-6-13(15)16-9-12)14(11-19(20)21)18-7-3-4-8-18/h5-6,9,11H,2-4,7-8,10H2,1H3/b14-11-. The number of hydrogen-bond donors (Lipinski definition) is 0. The van der Waals surface area contributed by atoms with E-state index in [2.05, 4.69) is 9.88 Å². The zero-order valence-corrected chi connectivity index (χ0v) is 12.8. The van der Waals surface area contributed by atoms with E-state index in [9.17, 15) is 10.1 Å². The Morgan fingerprint density at radius 1 is 1.52 bits per heavy atom. The van der Waals surface area contributed by atoms with Crippen LogP contribution in [0.3, 0.4) is 0 Å². The van der Waals surface area contributed by atoms with Gasteiger partial charge in [-0.2, -0.15) is 0 Å². The third-order valence-corrected chi connectivity index (χ3v) is 3.74. The molecule has 114 valence electrons. The Kier molecular flexibility index (Phi) is 5.38. The lowest BCUT2D eigenvalue weighted by Gasteiger charge is -2.30. The minimum Gasteiger partial charge on any atom is -0.353 e. The van der Waals surface area contributed by atoms with E-state index in [1.807, 2.05) is 17.9 Å². The minimum absolute atomic E-state index is 0.379. The van der Waals surface area contributed by atoms with Crippen LogP contribution in [-0.4, -0.2) is 39.3 Å². The maximum absolute atomic E-state index is 10.9. The molecular weight excluding hydrogens is 292 g/mol. The minimum atomic E-state index is -0.379. The fourth-order valence-corrected chi connectivity index (χ4v) is 2.59. The first-order valence-corrected chi connectivity index (χ1v) is 7.43. The molecule has 7 heteroatoms. The van der Waals surface area contributed by atoms with Crippen LogP contribution in [0.15, 0.2) is 30.4 Å². The molecular formula is C14H19ClN4O2. The molecule has 1 aromatic rings. The molecule has 1 saturated heterocycles. The van der Waals surface area contributed by atoms with Crippen molar-refractivity contribution in [3.05, 3.63) is 51.2 Å². The first-order valence-electron chi connectivity index (χ1n) is 7.05. The Hall–Kier alpha value is -1.82. The normalized spacial score (nSPS) is 15.3. The maximum atomic E-state index is 10.9. The smallest absolute Gasteiger partial charge is 0.274 e. The third kappa shape index (κ3) is 4.32. The van der Waals surface area contributed by atoms with Gasteiger partial charge in [-0.25, -0.2) is 4.98 Å². The van der Waals surface area contributed by atoms with Crippen molar-refractivity contribution < 1.29 is 4.92 Å². The number of nitro groups is 1. The van der Waals surface area contributed by atoms with Gasteiger partial charge in [0.15, 0.2) is 5.82 Å². The number of pyridine rings is 1. The summed E-state index contributed by atoms with van der Waals surface area (Å²) in [5, 5.41) is 11.4. The predicted octanol–water partition coefficient (Wildman–Crippen LogP) is 2.73. The first-order chi connectivity index (χ1) is 10.1. The molecule has 2 rings (SSSR count). The van der Waals surface area contributed by atoms with E-state index in [0.717, 1.165) is 37.7 Å². The highest BCUT2D eigenvalue weighted by molar-refractivity contribution is 6.29. The van der Waals surface area contributed by atoms with Crippen LogP contribution in [0.25, 0.3) is 0 Å². The Morgan fingerprint density at radius 2 is 2.24 bits per heavy atom. The molecule has 0 atom stereocenters. The number of aromatic nitrogens is 1. The Labute approximate surface area is 129 Å². The van der Waals surface area contributed by atoms with Crippen LogP contribution < -0.4 is 0 Å². The zero-order valence-electron chi connectivity index (χ0n) is 12.0. The molecule has 0 N–H and O–H groups in total. The molecule has 0 bridgehead atoms. The fourth-order valence-electron chi connectivity index (χ4n) is 2.48. The van der Waals surface area contributed by atoms with E-state index in [1.165, 1.54) is 0 Å². The van der Waals surface area contributed by atoms with Gasteiger partial charge < -0.3 is 9.80 Å². The molecule has 2 heterocycles. The van der Waals surface area contributed by atoms with Gasteiger partial charge in [0.2, 0.25) is 0 Å². The molecule has 0 radical (unpaired) electrons. The number of rotatable bonds is 6. The number of nitrogens with zero attached hydrogens (tertiary/aromatic N) is 4. The molecule has 0 saturated carbocycles. The van der Waals surface area contributed by atoms with E-state index in [-0.39, 0.29) is 4.92 Å². The highest BCUT2D eigenvalue weighted by Gasteiger charge is 2.22. The van der Waals surface area contributed by atoms with Gasteiger partial charge in [-0.1, -0.05) is 17.7 Å². The van der Waals surface area contributed by atoms with Crippen LogP contribution in [0.5, 0.6) is 0 Å². The summed E-state index contributed by atoms with van der Waals surface area (Å²) >= 11 is 5.78. The Bertz CT molecular complexity index is 512. The summed E-state index contributed by atoms with van der Waals surface area (Å²) in [4.78, 5) is 18.7. The molecule has 21 heavy (non-hydrogen) atoms. The summed E-state index contributed by atoms with van der Waals surface area (Å²) in [6.07, 6.45) is 4.97. The Balaban J connectivity index is 2.18. The summed E-state index contributed by atoms with van der Waals surface area (Å²) in [6.45, 7) is 5.01. The van der Waals surface area contributed by atoms with Gasteiger partial charge in [0.25, 0.3) is 6.20 Å². The molecule has 1 aliphatic heterocycles. The van der Waals surface area contributed by atoms with E-state index in [0.29, 0.717) is 24.1 Å². The van der Waals surface area contributed by atoms with Crippen molar-refractivity contribution in [3.63, 3.8) is 0 Å². The van der Waals surface area contributed by atoms with Crippen molar-refractivity contribution in [2.75, 3.05) is 19.6 Å². The lowest BCUT2D eigenvalue weighted by atomic mass is 10.2. The molecule has 1 aromatic heterocycles. The van der Waals surface area contributed by atoms with E-state index < -0.39 is 0 Å². The van der Waals surface area contributed by atoms with Crippen molar-refractivity contribution in [1.82, 2.24) is 14.8 Å². The van der Waals surface area contributed by atoms with Crippen molar-refractivity contribution in [3.8, 4) is 0 Å². The lowest BCUT2D eigenvalue weighted by Crippen LogP contribution is -2.34. The van der Waals surface area contributed by atoms with Crippen LogP contribution in [0, 0.1) is 10.1 Å². The van der Waals surface area contributed by atoms with Crippen LogP contribution >= 0.6 is 11.6 Å². The molecule has 0 unspecified atom stereocenters. The van der Waals surface area contributed by atoms with Crippen LogP contribution in [-0.2, 0) is 6.54 Å². The first kappa shape index (κ1) is 15.6. The molecule has 0 amide bonds. The average Bonchev–Trinajstić information content (AvgIpc) is 2.98. The van der Waals surface area contributed by atoms with Crippen molar-refractivity contribution in [2.45, 2.75) is 26.3 Å². The molecule has 0 spiro atoms. The molecule has 6 nitrogen and oxygen atoms in total. The number of hydrogen-bond acceptors (Lipinski definition) is 5.